The van der Waals surface area contributed by atoms with Gasteiger partial charge in [0.25, 0.3) is 0 Å². The molecular weight excluding hydrogens is 342 g/mol. The van der Waals surface area contributed by atoms with Crippen LogP contribution in [0.3, 0.4) is 0 Å². The van der Waals surface area contributed by atoms with Crippen molar-refractivity contribution in [3.05, 3.63) is 60.2 Å². The van der Waals surface area contributed by atoms with Crippen LogP contribution >= 0.6 is 11.7 Å². The van der Waals surface area contributed by atoms with E-state index in [-0.39, 0.29) is 0 Å². The van der Waals surface area contributed by atoms with Crippen molar-refractivity contribution >= 4 is 50.9 Å². The van der Waals surface area contributed by atoms with Gasteiger partial charge in [-0.05, 0) is 36.8 Å². The van der Waals surface area contributed by atoms with Crippen LogP contribution in [0, 0.1) is 0 Å². The van der Waals surface area contributed by atoms with Crippen LogP contribution in [0.4, 0.5) is 0 Å². The second kappa shape index (κ2) is 5.75. The number of hydrogen-bond donors (Lipinski definition) is 0. The molecule has 26 heavy (non-hydrogen) atoms. The average Bonchev–Trinajstić information content (AvgIpc) is 3.29. The molecule has 0 N–H and O–H groups in total. The predicted molar refractivity (Wildman–Crippen MR) is 107 cm³/mol. The molecule has 4 nitrogen and oxygen atoms in total. The van der Waals surface area contributed by atoms with E-state index in [0.717, 1.165) is 41.2 Å². The Labute approximate surface area is 154 Å². The van der Waals surface area contributed by atoms with Gasteiger partial charge in [-0.2, -0.15) is 8.75 Å². The molecule has 0 bridgehead atoms. The Kier molecular flexibility index (Phi) is 3.36. The maximum Gasteiger partial charge on any atom is 0.152 e. The zero-order valence-electron chi connectivity index (χ0n) is 14.1. The van der Waals surface area contributed by atoms with Crippen LogP contribution in [0.2, 0.25) is 0 Å². The van der Waals surface area contributed by atoms with Gasteiger partial charge in [0.05, 0.1) is 11.7 Å². The first kappa shape index (κ1) is 15.2. The maximum absolute atomic E-state index is 11.3. The Bertz CT molecular complexity index is 1300. The standard InChI is InChI=1S/C21H15N3OS/c1-2-24-18-6-4-3-5-16(18)17-11-13(8-10-19(17)24)15-9-7-14(12-25)20-21(15)23-26-22-20/h3-12H,2H2,1H3. The van der Waals surface area contributed by atoms with Crippen LogP contribution in [0.15, 0.2) is 54.6 Å². The highest BCUT2D eigenvalue weighted by molar-refractivity contribution is 7.00. The fourth-order valence-electron chi connectivity index (χ4n) is 3.78. The lowest BCUT2D eigenvalue weighted by Crippen LogP contribution is -1.92. The lowest BCUT2D eigenvalue weighted by molar-refractivity contribution is 0.112. The van der Waals surface area contributed by atoms with Gasteiger partial charge in [0.2, 0.25) is 0 Å². The number of aldehydes is 1. The molecule has 2 aromatic heterocycles. The Morgan fingerprint density at radius 2 is 1.77 bits per heavy atom. The normalized spacial score (nSPS) is 11.6. The average molecular weight is 357 g/mol. The monoisotopic (exact) mass is 357 g/mol. The number of fused-ring (bicyclic) bond motifs is 4. The Morgan fingerprint density at radius 3 is 2.62 bits per heavy atom. The minimum Gasteiger partial charge on any atom is -0.341 e. The molecule has 0 radical (unpaired) electrons. The van der Waals surface area contributed by atoms with Crippen molar-refractivity contribution in [1.29, 1.82) is 0 Å². The molecule has 0 aliphatic heterocycles. The number of nitrogens with zero attached hydrogens (tertiary/aromatic N) is 3. The van der Waals surface area contributed by atoms with E-state index < -0.39 is 0 Å². The van der Waals surface area contributed by atoms with Crippen LogP contribution in [0.5, 0.6) is 0 Å². The van der Waals surface area contributed by atoms with Crippen LogP contribution in [-0.4, -0.2) is 19.6 Å². The number of aryl methyl sites for hydroxylation is 1. The highest BCUT2D eigenvalue weighted by atomic mass is 32.1. The molecule has 126 valence electrons. The number of para-hydroxylation sites is 1. The van der Waals surface area contributed by atoms with Gasteiger partial charge in [0, 0.05) is 39.5 Å². The van der Waals surface area contributed by atoms with Gasteiger partial charge >= 0.3 is 0 Å². The summed E-state index contributed by atoms with van der Waals surface area (Å²) in [6, 6.07) is 18.8. The minimum atomic E-state index is 0.584. The molecule has 0 unspecified atom stereocenters. The Hall–Kier alpha value is -3.05. The molecule has 2 heterocycles. The van der Waals surface area contributed by atoms with E-state index in [1.165, 1.54) is 21.8 Å². The molecule has 3 aromatic carbocycles. The first-order valence-electron chi connectivity index (χ1n) is 8.53. The summed E-state index contributed by atoms with van der Waals surface area (Å²) in [7, 11) is 0. The zero-order valence-corrected chi connectivity index (χ0v) is 15.0. The topological polar surface area (TPSA) is 47.8 Å². The van der Waals surface area contributed by atoms with Gasteiger partial charge in [-0.25, -0.2) is 0 Å². The Morgan fingerprint density at radius 1 is 0.962 bits per heavy atom. The van der Waals surface area contributed by atoms with Crippen molar-refractivity contribution in [3.8, 4) is 11.1 Å². The van der Waals surface area contributed by atoms with Gasteiger partial charge in [-0.15, -0.1) is 0 Å². The predicted octanol–water partition coefficient (Wildman–Crippen LogP) is 5.30. The van der Waals surface area contributed by atoms with Crippen LogP contribution in [0.25, 0.3) is 44.0 Å². The molecule has 0 amide bonds. The smallest absolute Gasteiger partial charge is 0.152 e. The fraction of sp³-hybridized carbons (Fsp3) is 0.0952. The molecule has 0 saturated carbocycles. The molecule has 0 saturated heterocycles. The van der Waals surface area contributed by atoms with E-state index in [1.807, 2.05) is 12.1 Å². The van der Waals surface area contributed by atoms with Crippen molar-refractivity contribution in [1.82, 2.24) is 13.3 Å². The summed E-state index contributed by atoms with van der Waals surface area (Å²) in [6.07, 6.45) is 0.839. The van der Waals surface area contributed by atoms with Crippen molar-refractivity contribution in [2.45, 2.75) is 13.5 Å². The third kappa shape index (κ3) is 2.04. The van der Waals surface area contributed by atoms with Gasteiger partial charge in [0.1, 0.15) is 11.0 Å². The second-order valence-electron chi connectivity index (χ2n) is 6.27. The summed E-state index contributed by atoms with van der Waals surface area (Å²) < 4.78 is 11.1. The number of benzene rings is 3. The number of aromatic nitrogens is 3. The van der Waals surface area contributed by atoms with Crippen LogP contribution in [-0.2, 0) is 6.54 Å². The van der Waals surface area contributed by atoms with E-state index in [4.69, 9.17) is 0 Å². The summed E-state index contributed by atoms with van der Waals surface area (Å²) in [5, 5.41) is 2.49. The number of hydrogen-bond acceptors (Lipinski definition) is 4. The van der Waals surface area contributed by atoms with E-state index >= 15 is 0 Å². The third-order valence-electron chi connectivity index (χ3n) is 4.97. The SMILES string of the molecule is CCn1c2ccccc2c2cc(-c3ccc(C=O)c4nsnc34)ccc21. The van der Waals surface area contributed by atoms with Crippen molar-refractivity contribution in [2.24, 2.45) is 0 Å². The van der Waals surface area contributed by atoms with Gasteiger partial charge in [-0.3, -0.25) is 4.79 Å². The summed E-state index contributed by atoms with van der Waals surface area (Å²) in [4.78, 5) is 11.3. The molecule has 0 atom stereocenters. The summed E-state index contributed by atoms with van der Waals surface area (Å²) >= 11 is 1.14. The lowest BCUT2D eigenvalue weighted by Gasteiger charge is -2.06. The molecular formula is C21H15N3OS. The highest BCUT2D eigenvalue weighted by Gasteiger charge is 2.14. The molecule has 5 heteroatoms. The third-order valence-corrected chi connectivity index (χ3v) is 5.50. The van der Waals surface area contributed by atoms with Gasteiger partial charge in [-0.1, -0.05) is 30.3 Å². The van der Waals surface area contributed by atoms with Crippen molar-refractivity contribution < 1.29 is 4.79 Å². The lowest BCUT2D eigenvalue weighted by atomic mass is 10.00. The summed E-state index contributed by atoms with van der Waals surface area (Å²) in [6.45, 7) is 3.10. The largest absolute Gasteiger partial charge is 0.341 e. The number of rotatable bonds is 3. The molecule has 5 rings (SSSR count). The quantitative estimate of drug-likeness (QED) is 0.412. The Balaban J connectivity index is 1.83. The van der Waals surface area contributed by atoms with E-state index in [2.05, 4.69) is 62.7 Å². The molecule has 0 fully saturated rings. The maximum atomic E-state index is 11.3. The zero-order chi connectivity index (χ0) is 17.7. The second-order valence-corrected chi connectivity index (χ2v) is 6.80. The fourth-order valence-corrected chi connectivity index (χ4v) is 4.36. The summed E-state index contributed by atoms with van der Waals surface area (Å²) in [5.74, 6) is 0. The molecule has 0 aliphatic rings. The van der Waals surface area contributed by atoms with Crippen LogP contribution in [0.1, 0.15) is 17.3 Å². The first-order chi connectivity index (χ1) is 12.8. The van der Waals surface area contributed by atoms with Crippen LogP contribution < -0.4 is 0 Å². The molecule has 0 spiro atoms. The first-order valence-corrected chi connectivity index (χ1v) is 9.26. The van der Waals surface area contributed by atoms with E-state index in [9.17, 15) is 4.79 Å². The van der Waals surface area contributed by atoms with Gasteiger partial charge in [0.15, 0.2) is 6.29 Å². The molecule has 0 aliphatic carbocycles. The van der Waals surface area contributed by atoms with Crippen molar-refractivity contribution in [3.63, 3.8) is 0 Å². The number of carbonyl (C=O) groups is 1. The molecule has 5 aromatic rings. The van der Waals surface area contributed by atoms with E-state index in [0.29, 0.717) is 11.1 Å². The minimum absolute atomic E-state index is 0.584. The number of carbonyl (C=O) groups excluding carboxylic acids is 1. The summed E-state index contributed by atoms with van der Waals surface area (Å²) in [5.41, 5.74) is 6.63. The van der Waals surface area contributed by atoms with Gasteiger partial charge < -0.3 is 4.57 Å². The highest BCUT2D eigenvalue weighted by Crippen LogP contribution is 2.35. The van der Waals surface area contributed by atoms with Crippen molar-refractivity contribution in [2.75, 3.05) is 0 Å². The van der Waals surface area contributed by atoms with E-state index in [1.54, 1.807) is 0 Å².